The lowest BCUT2D eigenvalue weighted by Crippen LogP contribution is -2.25. The molecule has 1 aromatic heterocycles. The monoisotopic (exact) mass is 665 g/mol. The van der Waals surface area contributed by atoms with Gasteiger partial charge in [-0.15, -0.1) is 0 Å². The first-order valence-corrected chi connectivity index (χ1v) is 17.3. The van der Waals surface area contributed by atoms with Crippen LogP contribution in [0.5, 0.6) is 11.6 Å². The number of para-hydroxylation sites is 1. The summed E-state index contributed by atoms with van der Waals surface area (Å²) in [6.07, 6.45) is 1.95. The normalized spacial score (nSPS) is 13.0. The van der Waals surface area contributed by atoms with Crippen LogP contribution in [-0.2, 0) is 36.1 Å². The Morgan fingerprint density at radius 3 is 2.29 bits per heavy atom. The molecular formula is C38H39N3O6S. The summed E-state index contributed by atoms with van der Waals surface area (Å²) in [4.78, 5) is 12.1. The molecule has 6 rings (SSSR count). The van der Waals surface area contributed by atoms with E-state index in [9.17, 15) is 18.3 Å². The lowest BCUT2D eigenvalue weighted by molar-refractivity contribution is 0.0693. The van der Waals surface area contributed by atoms with Crippen LogP contribution in [-0.4, -0.2) is 40.7 Å². The number of methoxy groups -OCH3 is 1. The van der Waals surface area contributed by atoms with E-state index in [0.29, 0.717) is 31.0 Å². The number of ether oxygens (including phenoxy) is 2. The number of hydrogen-bond acceptors (Lipinski definition) is 6. The van der Waals surface area contributed by atoms with Crippen LogP contribution in [0.25, 0.3) is 16.8 Å². The highest BCUT2D eigenvalue weighted by Gasteiger charge is 2.33. The second-order valence-corrected chi connectivity index (χ2v) is 14.1. The summed E-state index contributed by atoms with van der Waals surface area (Å²) in [7, 11) is -2.21. The van der Waals surface area contributed by atoms with Gasteiger partial charge in [-0.2, -0.15) is 9.40 Å². The van der Waals surface area contributed by atoms with Crippen molar-refractivity contribution < 1.29 is 27.8 Å². The molecule has 1 aliphatic rings. The standard InChI is InChI=1S/C38H39N3O6S/c1-7-29-30(11-9-13-35(29)41-37(46-6)32(19-39-41)38(42)43)31-12-8-10-24(3)36(31)47-22-27-18-25(4)33-20-40(21-34(33)26(27)5)48(44,45)28-16-14-23(2)15-17-28/h8-19H,7,20-22H2,1-6H3,(H,42,43). The van der Waals surface area contributed by atoms with Crippen LogP contribution >= 0.6 is 0 Å². The Hall–Kier alpha value is -4.93. The SMILES string of the molecule is CCc1c(-c2cccc(C)c2OCc2cc(C)c3c(c2C)CN(S(=O)(=O)c2ccc(C)cc2)C3)cccc1-n1ncc(C(=O)O)c1OC. The molecule has 1 N–H and O–H groups in total. The number of rotatable bonds is 10. The zero-order valence-corrected chi connectivity index (χ0v) is 28.8. The van der Waals surface area contributed by atoms with Gasteiger partial charge in [-0.3, -0.25) is 0 Å². The molecule has 0 aliphatic carbocycles. The van der Waals surface area contributed by atoms with E-state index in [2.05, 4.69) is 11.2 Å². The topological polar surface area (TPSA) is 111 Å². The van der Waals surface area contributed by atoms with Gasteiger partial charge in [-0.1, -0.05) is 61.0 Å². The van der Waals surface area contributed by atoms with E-state index < -0.39 is 16.0 Å². The fourth-order valence-corrected chi connectivity index (χ4v) is 7.97. The van der Waals surface area contributed by atoms with Gasteiger partial charge in [0.25, 0.3) is 0 Å². The van der Waals surface area contributed by atoms with E-state index in [1.54, 1.807) is 16.4 Å². The second-order valence-electron chi connectivity index (χ2n) is 12.2. The molecule has 48 heavy (non-hydrogen) atoms. The first-order chi connectivity index (χ1) is 23.0. The molecule has 0 spiro atoms. The van der Waals surface area contributed by atoms with E-state index in [4.69, 9.17) is 9.47 Å². The quantitative estimate of drug-likeness (QED) is 0.166. The van der Waals surface area contributed by atoms with Gasteiger partial charge in [-0.05, 0) is 96.8 Å². The molecule has 0 radical (unpaired) electrons. The Morgan fingerprint density at radius 1 is 0.917 bits per heavy atom. The molecule has 9 nitrogen and oxygen atoms in total. The number of carboxylic acids is 1. The van der Waals surface area contributed by atoms with E-state index in [1.165, 1.54) is 18.0 Å². The van der Waals surface area contributed by atoms with Gasteiger partial charge in [0, 0.05) is 18.7 Å². The highest BCUT2D eigenvalue weighted by atomic mass is 32.2. The maximum absolute atomic E-state index is 13.5. The smallest absolute Gasteiger partial charge is 0.342 e. The summed E-state index contributed by atoms with van der Waals surface area (Å²) in [5, 5.41) is 14.0. The molecule has 1 aliphatic heterocycles. The van der Waals surface area contributed by atoms with Crippen molar-refractivity contribution in [2.75, 3.05) is 7.11 Å². The van der Waals surface area contributed by atoms with Crippen LogP contribution in [0.2, 0.25) is 0 Å². The number of sulfonamides is 1. The molecule has 248 valence electrons. The highest BCUT2D eigenvalue weighted by molar-refractivity contribution is 7.89. The maximum Gasteiger partial charge on any atom is 0.342 e. The summed E-state index contributed by atoms with van der Waals surface area (Å²) < 4.78 is 42.3. The van der Waals surface area contributed by atoms with Crippen molar-refractivity contribution in [3.8, 4) is 28.4 Å². The van der Waals surface area contributed by atoms with Crippen LogP contribution < -0.4 is 9.47 Å². The molecule has 0 unspecified atom stereocenters. The Balaban J connectivity index is 1.33. The van der Waals surface area contributed by atoms with Crippen LogP contribution in [0, 0.1) is 27.7 Å². The third-order valence-electron chi connectivity index (χ3n) is 9.25. The van der Waals surface area contributed by atoms with E-state index in [0.717, 1.165) is 67.1 Å². The van der Waals surface area contributed by atoms with Gasteiger partial charge in [0.2, 0.25) is 15.9 Å². The number of aryl methyl sites for hydroxylation is 3. The highest BCUT2D eigenvalue weighted by Crippen LogP contribution is 2.40. The van der Waals surface area contributed by atoms with E-state index in [-0.39, 0.29) is 11.4 Å². The molecule has 4 aromatic carbocycles. The van der Waals surface area contributed by atoms with Crippen LogP contribution in [0.4, 0.5) is 0 Å². The molecular weight excluding hydrogens is 627 g/mol. The summed E-state index contributed by atoms with van der Waals surface area (Å²) in [6, 6.07) is 21.0. The molecule has 5 aromatic rings. The van der Waals surface area contributed by atoms with Crippen molar-refractivity contribution in [2.24, 2.45) is 0 Å². The molecule has 0 saturated heterocycles. The van der Waals surface area contributed by atoms with Gasteiger partial charge in [0.15, 0.2) is 0 Å². The number of fused-ring (bicyclic) bond motifs is 1. The predicted molar refractivity (Wildman–Crippen MR) is 184 cm³/mol. The summed E-state index contributed by atoms with van der Waals surface area (Å²) in [6.45, 7) is 11.0. The summed E-state index contributed by atoms with van der Waals surface area (Å²) >= 11 is 0. The Morgan fingerprint density at radius 2 is 1.60 bits per heavy atom. The number of carboxylic acid groups (broad SMARTS) is 1. The van der Waals surface area contributed by atoms with Crippen molar-refractivity contribution in [1.29, 1.82) is 0 Å². The third kappa shape index (κ3) is 5.75. The Bertz CT molecular complexity index is 2150. The first kappa shape index (κ1) is 33.0. The number of nitrogens with zero attached hydrogens (tertiary/aromatic N) is 3. The lowest BCUT2D eigenvalue weighted by atomic mass is 9.94. The van der Waals surface area contributed by atoms with Crippen molar-refractivity contribution in [3.05, 3.63) is 123 Å². The average molecular weight is 666 g/mol. The third-order valence-corrected chi connectivity index (χ3v) is 11.1. The number of aromatic nitrogens is 2. The minimum atomic E-state index is -3.65. The maximum atomic E-state index is 13.5. The minimum absolute atomic E-state index is 0.0135. The summed E-state index contributed by atoms with van der Waals surface area (Å²) in [5.41, 5.74) is 10.7. The molecule has 0 saturated carbocycles. The number of benzene rings is 4. The largest absolute Gasteiger partial charge is 0.488 e. The number of hydrogen-bond donors (Lipinski definition) is 1. The lowest BCUT2D eigenvalue weighted by Gasteiger charge is -2.20. The molecule has 10 heteroatoms. The van der Waals surface area contributed by atoms with Crippen LogP contribution in [0.15, 0.2) is 77.8 Å². The molecule has 0 bridgehead atoms. The van der Waals surface area contributed by atoms with Crippen molar-refractivity contribution in [1.82, 2.24) is 14.1 Å². The van der Waals surface area contributed by atoms with Crippen LogP contribution in [0.3, 0.4) is 0 Å². The number of carbonyl (C=O) groups is 1. The van der Waals surface area contributed by atoms with Crippen LogP contribution in [0.1, 0.15) is 61.8 Å². The zero-order chi connectivity index (χ0) is 34.3. The van der Waals surface area contributed by atoms with Gasteiger partial charge in [0.05, 0.1) is 23.9 Å². The first-order valence-electron chi connectivity index (χ1n) is 15.8. The van der Waals surface area contributed by atoms with E-state index >= 15 is 0 Å². The zero-order valence-electron chi connectivity index (χ0n) is 28.0. The molecule has 0 atom stereocenters. The second kappa shape index (κ2) is 12.9. The van der Waals surface area contributed by atoms with E-state index in [1.807, 2.05) is 83.1 Å². The average Bonchev–Trinajstić information content (AvgIpc) is 3.72. The number of aromatic carboxylic acids is 1. The van der Waals surface area contributed by atoms with Gasteiger partial charge in [-0.25, -0.2) is 17.9 Å². The fraction of sp³-hybridized carbons (Fsp3) is 0.263. The van der Waals surface area contributed by atoms with Crippen molar-refractivity contribution in [2.45, 2.75) is 65.6 Å². The van der Waals surface area contributed by atoms with Crippen molar-refractivity contribution >= 4 is 16.0 Å². The minimum Gasteiger partial charge on any atom is -0.488 e. The van der Waals surface area contributed by atoms with Gasteiger partial charge >= 0.3 is 5.97 Å². The van der Waals surface area contributed by atoms with Crippen molar-refractivity contribution in [3.63, 3.8) is 0 Å². The van der Waals surface area contributed by atoms with Gasteiger partial charge in [0.1, 0.15) is 17.9 Å². The Labute approximate surface area is 281 Å². The molecule has 0 amide bonds. The molecule has 0 fully saturated rings. The summed E-state index contributed by atoms with van der Waals surface area (Å²) in [5.74, 6) is -0.216. The fourth-order valence-electron chi connectivity index (χ4n) is 6.59. The Kier molecular flexibility index (Phi) is 8.89. The predicted octanol–water partition coefficient (Wildman–Crippen LogP) is 7.33. The van der Waals surface area contributed by atoms with Gasteiger partial charge < -0.3 is 14.6 Å². The molecule has 2 heterocycles.